The van der Waals surface area contributed by atoms with Crippen molar-refractivity contribution in [3.8, 4) is 0 Å². The standard InChI is InChI=1S/C21H15ClN2/c22-17-12-15-10-11-24(13-14-6-2-1-3-7-14)21(15)19-16-8-4-5-9-18(16)23-20(17)19/h1-12,23H,13H2. The van der Waals surface area contributed by atoms with E-state index in [1.807, 2.05) is 6.07 Å². The van der Waals surface area contributed by atoms with Crippen molar-refractivity contribution in [1.82, 2.24) is 9.55 Å². The third kappa shape index (κ3) is 1.97. The van der Waals surface area contributed by atoms with E-state index in [-0.39, 0.29) is 0 Å². The van der Waals surface area contributed by atoms with Crippen LogP contribution in [0.3, 0.4) is 0 Å². The number of fused-ring (bicyclic) bond motifs is 5. The molecule has 24 heavy (non-hydrogen) atoms. The van der Waals surface area contributed by atoms with E-state index < -0.39 is 0 Å². The highest BCUT2D eigenvalue weighted by atomic mass is 35.5. The van der Waals surface area contributed by atoms with Crippen molar-refractivity contribution < 1.29 is 0 Å². The van der Waals surface area contributed by atoms with Crippen LogP contribution in [-0.2, 0) is 6.54 Å². The Kier molecular flexibility index (Phi) is 2.94. The van der Waals surface area contributed by atoms with Crippen LogP contribution in [0.2, 0.25) is 5.02 Å². The molecule has 0 saturated heterocycles. The number of rotatable bonds is 2. The van der Waals surface area contributed by atoms with Gasteiger partial charge >= 0.3 is 0 Å². The first-order valence-electron chi connectivity index (χ1n) is 8.03. The third-order valence-corrected chi connectivity index (χ3v) is 4.95. The summed E-state index contributed by atoms with van der Waals surface area (Å²) in [4.78, 5) is 3.47. The molecule has 5 aromatic rings. The average molecular weight is 331 g/mol. The van der Waals surface area contributed by atoms with E-state index in [0.29, 0.717) is 0 Å². The van der Waals surface area contributed by atoms with Gasteiger partial charge < -0.3 is 9.55 Å². The molecule has 0 spiro atoms. The van der Waals surface area contributed by atoms with Crippen LogP contribution in [0.1, 0.15) is 5.56 Å². The lowest BCUT2D eigenvalue weighted by atomic mass is 10.1. The van der Waals surface area contributed by atoms with Gasteiger partial charge in [-0.3, -0.25) is 0 Å². The van der Waals surface area contributed by atoms with Crippen LogP contribution >= 0.6 is 11.6 Å². The highest BCUT2D eigenvalue weighted by Crippen LogP contribution is 2.37. The Morgan fingerprint density at radius 1 is 0.917 bits per heavy atom. The molecule has 0 aliphatic heterocycles. The molecule has 0 fully saturated rings. The summed E-state index contributed by atoms with van der Waals surface area (Å²) in [7, 11) is 0. The molecule has 0 saturated carbocycles. The number of benzene rings is 3. The fourth-order valence-electron chi connectivity index (χ4n) is 3.58. The number of hydrogen-bond acceptors (Lipinski definition) is 0. The maximum absolute atomic E-state index is 6.54. The monoisotopic (exact) mass is 330 g/mol. The number of hydrogen-bond donors (Lipinski definition) is 1. The largest absolute Gasteiger partial charge is 0.353 e. The Hall–Kier alpha value is -2.71. The highest BCUT2D eigenvalue weighted by Gasteiger charge is 2.14. The number of H-pyrrole nitrogens is 1. The minimum absolute atomic E-state index is 0.770. The smallest absolute Gasteiger partial charge is 0.0675 e. The zero-order chi connectivity index (χ0) is 16.1. The first kappa shape index (κ1) is 13.7. The minimum Gasteiger partial charge on any atom is -0.353 e. The molecule has 116 valence electrons. The normalized spacial score (nSPS) is 11.7. The topological polar surface area (TPSA) is 20.7 Å². The van der Waals surface area contributed by atoms with Gasteiger partial charge in [0.05, 0.1) is 16.1 Å². The Morgan fingerprint density at radius 3 is 2.58 bits per heavy atom. The summed E-state index contributed by atoms with van der Waals surface area (Å²) in [6.45, 7) is 0.848. The van der Waals surface area contributed by atoms with Crippen LogP contribution in [0.25, 0.3) is 32.7 Å². The SMILES string of the molecule is Clc1cc2ccn(Cc3ccccc3)c2c2c1[nH]c1ccccc12. The molecule has 0 aliphatic carbocycles. The Morgan fingerprint density at radius 2 is 1.71 bits per heavy atom. The first-order chi connectivity index (χ1) is 11.8. The van der Waals surface area contributed by atoms with Crippen LogP contribution in [0, 0.1) is 0 Å². The molecule has 0 atom stereocenters. The molecule has 0 amide bonds. The lowest BCUT2D eigenvalue weighted by molar-refractivity contribution is 0.839. The highest BCUT2D eigenvalue weighted by molar-refractivity contribution is 6.38. The van der Waals surface area contributed by atoms with Crippen molar-refractivity contribution in [3.63, 3.8) is 0 Å². The third-order valence-electron chi connectivity index (χ3n) is 4.65. The van der Waals surface area contributed by atoms with Crippen molar-refractivity contribution in [3.05, 3.63) is 83.5 Å². The number of nitrogens with one attached hydrogen (secondary N) is 1. The number of nitrogens with zero attached hydrogens (tertiary/aromatic N) is 1. The second-order valence-corrected chi connectivity index (χ2v) is 6.55. The van der Waals surface area contributed by atoms with Gasteiger partial charge in [-0.15, -0.1) is 0 Å². The van der Waals surface area contributed by atoms with Crippen molar-refractivity contribution in [2.75, 3.05) is 0 Å². The molecule has 0 aliphatic rings. The van der Waals surface area contributed by atoms with Gasteiger partial charge in [0.15, 0.2) is 0 Å². The van der Waals surface area contributed by atoms with Gasteiger partial charge in [-0.1, -0.05) is 60.1 Å². The zero-order valence-corrected chi connectivity index (χ0v) is 13.7. The van der Waals surface area contributed by atoms with E-state index in [0.717, 1.165) is 22.6 Å². The number of aromatic nitrogens is 2. The predicted octanol–water partition coefficient (Wildman–Crippen LogP) is 5.98. The summed E-state index contributed by atoms with van der Waals surface area (Å²) in [5.74, 6) is 0. The molecular weight excluding hydrogens is 316 g/mol. The van der Waals surface area contributed by atoms with Crippen molar-refractivity contribution >= 4 is 44.3 Å². The molecular formula is C21H15ClN2. The van der Waals surface area contributed by atoms with Gasteiger partial charge in [0.2, 0.25) is 0 Å². The van der Waals surface area contributed by atoms with E-state index >= 15 is 0 Å². The molecule has 0 radical (unpaired) electrons. The first-order valence-corrected chi connectivity index (χ1v) is 8.41. The lowest BCUT2D eigenvalue weighted by Gasteiger charge is -2.08. The second kappa shape index (κ2) is 5.15. The number of halogens is 1. The summed E-state index contributed by atoms with van der Waals surface area (Å²) < 4.78 is 2.31. The summed E-state index contributed by atoms with van der Waals surface area (Å²) in [5.41, 5.74) is 4.65. The van der Waals surface area contributed by atoms with Gasteiger partial charge in [0.25, 0.3) is 0 Å². The lowest BCUT2D eigenvalue weighted by Crippen LogP contribution is -1.97. The van der Waals surface area contributed by atoms with E-state index in [2.05, 4.69) is 76.4 Å². The average Bonchev–Trinajstić information content (AvgIpc) is 3.18. The molecule has 3 heteroatoms. The minimum atomic E-state index is 0.770. The fourth-order valence-corrected chi connectivity index (χ4v) is 3.84. The molecule has 2 aromatic heterocycles. The van der Waals surface area contributed by atoms with E-state index in [4.69, 9.17) is 11.6 Å². The zero-order valence-electron chi connectivity index (χ0n) is 13.0. The molecule has 3 aromatic carbocycles. The van der Waals surface area contributed by atoms with Gasteiger partial charge in [0.1, 0.15) is 0 Å². The van der Waals surface area contributed by atoms with Crippen LogP contribution in [-0.4, -0.2) is 9.55 Å². The Balaban J connectivity index is 1.86. The van der Waals surface area contributed by atoms with Crippen LogP contribution in [0.4, 0.5) is 0 Å². The van der Waals surface area contributed by atoms with Crippen molar-refractivity contribution in [1.29, 1.82) is 0 Å². The Labute approximate surface area is 144 Å². The molecule has 5 rings (SSSR count). The fraction of sp³-hybridized carbons (Fsp3) is 0.0476. The van der Waals surface area contributed by atoms with E-state index in [9.17, 15) is 0 Å². The summed E-state index contributed by atoms with van der Waals surface area (Å²) >= 11 is 6.54. The molecule has 0 bridgehead atoms. The quantitative estimate of drug-likeness (QED) is 0.411. The summed E-state index contributed by atoms with van der Waals surface area (Å²) in [5, 5.41) is 4.36. The van der Waals surface area contributed by atoms with Gasteiger partial charge in [-0.2, -0.15) is 0 Å². The van der Waals surface area contributed by atoms with Crippen molar-refractivity contribution in [2.45, 2.75) is 6.54 Å². The molecule has 2 nitrogen and oxygen atoms in total. The molecule has 2 heterocycles. The maximum atomic E-state index is 6.54. The van der Waals surface area contributed by atoms with Crippen LogP contribution < -0.4 is 0 Å². The predicted molar refractivity (Wildman–Crippen MR) is 102 cm³/mol. The maximum Gasteiger partial charge on any atom is 0.0675 e. The summed E-state index contributed by atoms with van der Waals surface area (Å²) in [6.07, 6.45) is 2.15. The van der Waals surface area contributed by atoms with Crippen LogP contribution in [0.15, 0.2) is 72.9 Å². The van der Waals surface area contributed by atoms with Crippen LogP contribution in [0.5, 0.6) is 0 Å². The Bertz CT molecular complexity index is 1180. The number of aromatic amines is 1. The number of para-hydroxylation sites is 1. The molecule has 1 N–H and O–H groups in total. The summed E-state index contributed by atoms with van der Waals surface area (Å²) in [6, 6.07) is 23.1. The second-order valence-electron chi connectivity index (χ2n) is 6.15. The van der Waals surface area contributed by atoms with Gasteiger partial charge in [-0.25, -0.2) is 0 Å². The van der Waals surface area contributed by atoms with Gasteiger partial charge in [0, 0.05) is 34.4 Å². The van der Waals surface area contributed by atoms with E-state index in [1.54, 1.807) is 0 Å². The van der Waals surface area contributed by atoms with E-state index in [1.165, 1.54) is 27.2 Å². The molecule has 0 unspecified atom stereocenters. The van der Waals surface area contributed by atoms with Gasteiger partial charge in [-0.05, 0) is 23.8 Å². The van der Waals surface area contributed by atoms with Crippen molar-refractivity contribution in [2.24, 2.45) is 0 Å².